The molecule has 30 heavy (non-hydrogen) atoms. The van der Waals surface area contributed by atoms with E-state index in [9.17, 15) is 0 Å². The summed E-state index contributed by atoms with van der Waals surface area (Å²) in [6, 6.07) is 29.4. The molecule has 0 radical (unpaired) electrons. The summed E-state index contributed by atoms with van der Waals surface area (Å²) in [4.78, 5) is 4.07. The minimum atomic E-state index is -4.58. The molecule has 1 heterocycles. The second kappa shape index (κ2) is 7.85. The van der Waals surface area contributed by atoms with Crippen molar-refractivity contribution in [2.45, 2.75) is 5.66 Å². The number of benzene rings is 3. The Labute approximate surface area is 187 Å². The molecule has 4 aromatic rings. The van der Waals surface area contributed by atoms with Crippen molar-refractivity contribution in [2.24, 2.45) is 0 Å². The molecule has 0 aliphatic rings. The van der Waals surface area contributed by atoms with E-state index in [2.05, 4.69) is 20.5 Å². The summed E-state index contributed by atoms with van der Waals surface area (Å²) >= 11 is 9.91. The van der Waals surface area contributed by atoms with E-state index in [-0.39, 0.29) is 10.7 Å². The summed E-state index contributed by atoms with van der Waals surface area (Å²) in [5.74, 6) is 0. The van der Waals surface area contributed by atoms with Gasteiger partial charge in [0.05, 0.1) is 0 Å². The zero-order valence-electron chi connectivity index (χ0n) is 15.8. The van der Waals surface area contributed by atoms with Gasteiger partial charge in [-0.05, 0) is 0 Å². The quantitative estimate of drug-likeness (QED) is 0.278. The van der Waals surface area contributed by atoms with E-state index in [0.717, 1.165) is 0 Å². The van der Waals surface area contributed by atoms with Crippen LogP contribution in [0.1, 0.15) is 5.69 Å². The molecule has 0 bridgehead atoms. The Morgan fingerprint density at radius 1 is 0.700 bits per heavy atom. The third kappa shape index (κ3) is 2.93. The second-order valence-corrected chi connectivity index (χ2v) is 15.7. The number of nitrogens with zero attached hydrogens (tertiary/aromatic N) is 1. The molecular weight excluding hydrogens is 487 g/mol. The molecule has 0 saturated heterocycles. The molecule has 0 saturated carbocycles. The number of rotatable bonds is 5. The Morgan fingerprint density at radius 2 is 1.10 bits per heavy atom. The van der Waals surface area contributed by atoms with E-state index >= 15 is 8.78 Å². The van der Waals surface area contributed by atoms with Crippen molar-refractivity contribution in [3.8, 4) is 0 Å². The molecule has 0 amide bonds. The van der Waals surface area contributed by atoms with Crippen molar-refractivity contribution in [2.75, 3.05) is 0 Å². The molecule has 1 nitrogen and oxygen atoms in total. The topological polar surface area (TPSA) is 12.9 Å². The fourth-order valence-electron chi connectivity index (χ4n) is 3.84. The van der Waals surface area contributed by atoms with Crippen LogP contribution in [0.15, 0.2) is 109 Å². The summed E-state index contributed by atoms with van der Waals surface area (Å²) in [5, 5.41) is -2.85. The van der Waals surface area contributed by atoms with Crippen molar-refractivity contribution in [1.82, 2.24) is 4.98 Å². The number of hydrogen-bond acceptors (Lipinski definition) is 1. The van der Waals surface area contributed by atoms with Gasteiger partial charge in [-0.25, -0.2) is 0 Å². The van der Waals surface area contributed by atoms with Gasteiger partial charge in [0.15, 0.2) is 0 Å². The zero-order valence-corrected chi connectivity index (χ0v) is 19.0. The Kier molecular flexibility index (Phi) is 5.52. The predicted octanol–water partition coefficient (Wildman–Crippen LogP) is 6.62. The SMILES string of the molecule is FC(F)(c1cc(Cl)ccn1)P(Br)(c1ccccc1)(c1ccccc1)c1ccccc1. The van der Waals surface area contributed by atoms with E-state index in [1.165, 1.54) is 18.3 Å². The van der Waals surface area contributed by atoms with Crippen LogP contribution in [0.3, 0.4) is 0 Å². The molecule has 152 valence electrons. The normalized spacial score (nSPS) is 13.4. The van der Waals surface area contributed by atoms with Gasteiger partial charge < -0.3 is 0 Å². The van der Waals surface area contributed by atoms with E-state index in [1.807, 2.05) is 18.2 Å². The van der Waals surface area contributed by atoms with Gasteiger partial charge in [-0.3, -0.25) is 0 Å². The summed E-state index contributed by atoms with van der Waals surface area (Å²) in [5.41, 5.74) is -3.78. The van der Waals surface area contributed by atoms with E-state index in [4.69, 9.17) is 11.6 Å². The summed E-state index contributed by atoms with van der Waals surface area (Å²) in [7, 11) is 0. The Bertz CT molecular complexity index is 1060. The number of aromatic nitrogens is 1. The van der Waals surface area contributed by atoms with Crippen molar-refractivity contribution in [3.05, 3.63) is 120 Å². The van der Waals surface area contributed by atoms with Crippen molar-refractivity contribution in [1.29, 1.82) is 0 Å². The number of alkyl halides is 2. The van der Waals surface area contributed by atoms with Gasteiger partial charge in [-0.2, -0.15) is 0 Å². The fraction of sp³-hybridized carbons (Fsp3) is 0.0417. The summed E-state index contributed by atoms with van der Waals surface area (Å²) < 4.78 is 34.0. The first-order valence-electron chi connectivity index (χ1n) is 9.29. The third-order valence-corrected chi connectivity index (χ3v) is 15.6. The van der Waals surface area contributed by atoms with Gasteiger partial charge in [-0.15, -0.1) is 0 Å². The molecule has 0 atom stereocenters. The van der Waals surface area contributed by atoms with Gasteiger partial charge >= 0.3 is 188 Å². The molecule has 0 aliphatic heterocycles. The summed E-state index contributed by atoms with van der Waals surface area (Å²) in [6.45, 7) is 0. The van der Waals surface area contributed by atoms with E-state index < -0.39 is 11.0 Å². The first-order chi connectivity index (χ1) is 14.4. The second-order valence-electron chi connectivity index (χ2n) is 6.92. The Morgan fingerprint density at radius 3 is 1.47 bits per heavy atom. The molecule has 3 aromatic carbocycles. The number of halogens is 4. The monoisotopic (exact) mass is 503 g/mol. The number of hydrogen-bond donors (Lipinski definition) is 0. The van der Waals surface area contributed by atoms with Crippen LogP contribution in [-0.2, 0) is 5.66 Å². The van der Waals surface area contributed by atoms with Gasteiger partial charge in [0.25, 0.3) is 0 Å². The van der Waals surface area contributed by atoms with Crippen molar-refractivity contribution < 1.29 is 8.78 Å². The van der Waals surface area contributed by atoms with Gasteiger partial charge in [0.2, 0.25) is 0 Å². The molecule has 6 heteroatoms. The maximum atomic E-state index is 17.0. The molecule has 0 N–H and O–H groups in total. The van der Waals surface area contributed by atoms with Crippen LogP contribution in [0.4, 0.5) is 8.78 Å². The zero-order chi connectivity index (χ0) is 21.3. The molecule has 0 unspecified atom stereocenters. The Balaban J connectivity index is 2.23. The Hall–Kier alpha value is -2.13. The minimum absolute atomic E-state index is 0.214. The van der Waals surface area contributed by atoms with Gasteiger partial charge in [-0.1, -0.05) is 0 Å². The summed E-state index contributed by atoms with van der Waals surface area (Å²) in [6.07, 6.45) is 1.32. The van der Waals surface area contributed by atoms with Crippen molar-refractivity contribution >= 4 is 48.3 Å². The average Bonchev–Trinajstić information content (AvgIpc) is 2.80. The first-order valence-corrected chi connectivity index (χ1v) is 13.9. The molecule has 0 aliphatic carbocycles. The van der Waals surface area contributed by atoms with E-state index in [0.29, 0.717) is 15.9 Å². The van der Waals surface area contributed by atoms with Gasteiger partial charge in [0, 0.05) is 0 Å². The van der Waals surface area contributed by atoms with Crippen LogP contribution in [0.5, 0.6) is 0 Å². The van der Waals surface area contributed by atoms with Crippen molar-refractivity contribution in [3.63, 3.8) is 0 Å². The van der Waals surface area contributed by atoms with Crippen LogP contribution in [0.2, 0.25) is 5.02 Å². The first kappa shape index (κ1) is 21.1. The van der Waals surface area contributed by atoms with Crippen LogP contribution >= 0.6 is 32.4 Å². The predicted molar refractivity (Wildman–Crippen MR) is 127 cm³/mol. The molecule has 4 rings (SSSR count). The molecular formula is C24H18BrClF2NP. The molecule has 1 aromatic heterocycles. The van der Waals surface area contributed by atoms with Crippen LogP contribution in [-0.4, -0.2) is 4.98 Å². The molecule has 0 spiro atoms. The van der Waals surface area contributed by atoms with E-state index in [1.54, 1.807) is 72.8 Å². The van der Waals surface area contributed by atoms with Gasteiger partial charge in [0.1, 0.15) is 0 Å². The van der Waals surface area contributed by atoms with Crippen LogP contribution in [0.25, 0.3) is 0 Å². The molecule has 0 fully saturated rings. The maximum absolute atomic E-state index is 17.0. The third-order valence-electron chi connectivity index (χ3n) is 5.28. The number of pyridine rings is 1. The van der Waals surface area contributed by atoms with Crippen LogP contribution < -0.4 is 15.9 Å². The fourth-order valence-corrected chi connectivity index (χ4v) is 11.3. The van der Waals surface area contributed by atoms with Crippen LogP contribution in [0, 0.1) is 0 Å². The average molecular weight is 505 g/mol. The standard InChI is InChI=1S/C24H18BrClF2NP/c25-30(20-10-4-1-5-11-20,21-12-6-2-7-13-21,22-14-8-3-9-15-22)24(27,28)23-18-19(26)16-17-29-23/h1-18H.